The maximum Gasteiger partial charge on any atom is 0.329 e. The van der Waals surface area contributed by atoms with Gasteiger partial charge in [0.15, 0.2) is 6.61 Å². The van der Waals surface area contributed by atoms with Crippen molar-refractivity contribution in [1.29, 1.82) is 0 Å². The molecule has 0 radical (unpaired) electrons. The molecule has 0 aliphatic carbocycles. The fourth-order valence-corrected chi connectivity index (χ4v) is 2.41. The zero-order chi connectivity index (χ0) is 15.8. The summed E-state index contributed by atoms with van der Waals surface area (Å²) in [6, 6.07) is 4.63. The predicted octanol–water partition coefficient (Wildman–Crippen LogP) is 2.90. The first-order valence-corrected chi connectivity index (χ1v) is 7.45. The average molecular weight is 356 g/mol. The first-order chi connectivity index (χ1) is 9.69. The SMILES string of the molecule is CC(C(=O)OC(C)(C)C)N1C(=O)COc2ccc(Br)cc21. The van der Waals surface area contributed by atoms with E-state index in [1.165, 1.54) is 4.90 Å². The van der Waals surface area contributed by atoms with Crippen LogP contribution in [0.4, 0.5) is 5.69 Å². The summed E-state index contributed by atoms with van der Waals surface area (Å²) in [5.74, 6) is -0.129. The first-order valence-electron chi connectivity index (χ1n) is 6.66. The van der Waals surface area contributed by atoms with Crippen molar-refractivity contribution in [2.45, 2.75) is 39.3 Å². The third-order valence-corrected chi connectivity index (χ3v) is 3.43. The van der Waals surface area contributed by atoms with E-state index in [0.717, 1.165) is 4.47 Å². The lowest BCUT2D eigenvalue weighted by molar-refractivity contribution is -0.157. The molecule has 1 amide bonds. The second kappa shape index (κ2) is 5.67. The molecule has 0 bridgehead atoms. The predicted molar refractivity (Wildman–Crippen MR) is 82.4 cm³/mol. The molecule has 1 aromatic rings. The Kier molecular flexibility index (Phi) is 4.27. The van der Waals surface area contributed by atoms with Gasteiger partial charge < -0.3 is 9.47 Å². The number of amides is 1. The summed E-state index contributed by atoms with van der Waals surface area (Å²) < 4.78 is 11.6. The minimum atomic E-state index is -0.714. The van der Waals surface area contributed by atoms with Gasteiger partial charge >= 0.3 is 5.97 Å². The van der Waals surface area contributed by atoms with Crippen LogP contribution < -0.4 is 9.64 Å². The van der Waals surface area contributed by atoms with Crippen molar-refractivity contribution in [3.63, 3.8) is 0 Å². The Hall–Kier alpha value is -1.56. The van der Waals surface area contributed by atoms with E-state index >= 15 is 0 Å². The highest BCUT2D eigenvalue weighted by atomic mass is 79.9. The van der Waals surface area contributed by atoms with Gasteiger partial charge in [0.1, 0.15) is 17.4 Å². The number of halogens is 1. The number of nitrogens with zero attached hydrogens (tertiary/aromatic N) is 1. The molecule has 0 spiro atoms. The number of anilines is 1. The van der Waals surface area contributed by atoms with Crippen LogP contribution in [-0.4, -0.2) is 30.1 Å². The fraction of sp³-hybridized carbons (Fsp3) is 0.467. The molecule has 1 unspecified atom stereocenters. The van der Waals surface area contributed by atoms with Gasteiger partial charge in [-0.3, -0.25) is 9.69 Å². The van der Waals surface area contributed by atoms with Gasteiger partial charge in [-0.25, -0.2) is 4.79 Å². The molecule has 6 heteroatoms. The van der Waals surface area contributed by atoms with Crippen LogP contribution in [-0.2, 0) is 14.3 Å². The van der Waals surface area contributed by atoms with Crippen molar-refractivity contribution >= 4 is 33.5 Å². The Bertz CT molecular complexity index is 580. The first kappa shape index (κ1) is 15.8. The number of carbonyl (C=O) groups excluding carboxylic acids is 2. The van der Waals surface area contributed by atoms with Crippen molar-refractivity contribution in [2.24, 2.45) is 0 Å². The molecule has 1 heterocycles. The summed E-state index contributed by atoms with van der Waals surface area (Å²) in [6.45, 7) is 6.96. The van der Waals surface area contributed by atoms with Crippen LogP contribution >= 0.6 is 15.9 Å². The molecule has 0 fully saturated rings. The maximum absolute atomic E-state index is 12.2. The van der Waals surface area contributed by atoms with Crippen molar-refractivity contribution in [3.8, 4) is 5.75 Å². The molecule has 1 atom stereocenters. The molecule has 0 aromatic heterocycles. The van der Waals surface area contributed by atoms with E-state index in [-0.39, 0.29) is 12.5 Å². The Morgan fingerprint density at radius 1 is 1.43 bits per heavy atom. The van der Waals surface area contributed by atoms with Gasteiger partial charge in [-0.15, -0.1) is 0 Å². The van der Waals surface area contributed by atoms with Crippen LogP contribution in [0.15, 0.2) is 22.7 Å². The Morgan fingerprint density at radius 2 is 2.10 bits per heavy atom. The van der Waals surface area contributed by atoms with E-state index in [4.69, 9.17) is 9.47 Å². The quantitative estimate of drug-likeness (QED) is 0.765. The molecule has 1 aromatic carbocycles. The van der Waals surface area contributed by atoms with E-state index in [1.807, 2.05) is 6.07 Å². The fourth-order valence-electron chi connectivity index (χ4n) is 2.06. The minimum absolute atomic E-state index is 0.0816. The van der Waals surface area contributed by atoms with Crippen LogP contribution in [0.2, 0.25) is 0 Å². The lowest BCUT2D eigenvalue weighted by Crippen LogP contribution is -2.49. The number of esters is 1. The molecular formula is C15H18BrNO4. The summed E-state index contributed by atoms with van der Waals surface area (Å²) >= 11 is 3.36. The summed E-state index contributed by atoms with van der Waals surface area (Å²) in [4.78, 5) is 25.8. The zero-order valence-corrected chi connectivity index (χ0v) is 14.1. The van der Waals surface area contributed by atoms with Gasteiger partial charge in [-0.05, 0) is 45.9 Å². The van der Waals surface area contributed by atoms with E-state index in [1.54, 1.807) is 39.8 Å². The Morgan fingerprint density at radius 3 is 2.71 bits per heavy atom. The third-order valence-electron chi connectivity index (χ3n) is 2.94. The summed E-state index contributed by atoms with van der Waals surface area (Å²) in [7, 11) is 0. The number of rotatable bonds is 2. The second-order valence-corrected chi connectivity index (χ2v) is 6.79. The number of fused-ring (bicyclic) bond motifs is 1. The van der Waals surface area contributed by atoms with Gasteiger partial charge in [0, 0.05) is 4.47 Å². The number of carbonyl (C=O) groups is 2. The lowest BCUT2D eigenvalue weighted by Gasteiger charge is -2.34. The molecule has 114 valence electrons. The van der Waals surface area contributed by atoms with Gasteiger partial charge in [0.05, 0.1) is 5.69 Å². The molecule has 1 aliphatic heterocycles. The van der Waals surface area contributed by atoms with Crippen molar-refractivity contribution in [1.82, 2.24) is 0 Å². The Labute approximate surface area is 132 Å². The smallest absolute Gasteiger partial charge is 0.329 e. The van der Waals surface area contributed by atoms with Crippen molar-refractivity contribution in [2.75, 3.05) is 11.5 Å². The van der Waals surface area contributed by atoms with Gasteiger partial charge in [-0.2, -0.15) is 0 Å². The summed E-state index contributed by atoms with van der Waals surface area (Å²) in [5, 5.41) is 0. The van der Waals surface area contributed by atoms with Gasteiger partial charge in [0.25, 0.3) is 5.91 Å². The van der Waals surface area contributed by atoms with E-state index < -0.39 is 17.6 Å². The molecule has 21 heavy (non-hydrogen) atoms. The number of benzene rings is 1. The number of hydrogen-bond acceptors (Lipinski definition) is 4. The highest BCUT2D eigenvalue weighted by Gasteiger charge is 2.35. The maximum atomic E-state index is 12.2. The van der Waals surface area contributed by atoms with Crippen LogP contribution in [0.25, 0.3) is 0 Å². The third kappa shape index (κ3) is 3.56. The molecular weight excluding hydrogens is 338 g/mol. The summed E-state index contributed by atoms with van der Waals surface area (Å²) in [6.07, 6.45) is 0. The standard InChI is InChI=1S/C15H18BrNO4/c1-9(14(19)21-15(2,3)4)17-11-7-10(16)5-6-12(11)20-8-13(17)18/h5-7,9H,8H2,1-4H3. The monoisotopic (exact) mass is 355 g/mol. The van der Waals surface area contributed by atoms with Gasteiger partial charge in [0.2, 0.25) is 0 Å². The lowest BCUT2D eigenvalue weighted by atomic mass is 10.1. The van der Waals surface area contributed by atoms with Crippen LogP contribution in [0.3, 0.4) is 0 Å². The molecule has 0 saturated heterocycles. The molecule has 2 rings (SSSR count). The molecule has 1 aliphatic rings. The molecule has 0 N–H and O–H groups in total. The average Bonchev–Trinajstić information content (AvgIpc) is 2.35. The zero-order valence-electron chi connectivity index (χ0n) is 12.5. The van der Waals surface area contributed by atoms with Crippen molar-refractivity contribution < 1.29 is 19.1 Å². The second-order valence-electron chi connectivity index (χ2n) is 5.87. The number of hydrogen-bond donors (Lipinski definition) is 0. The van der Waals surface area contributed by atoms with Gasteiger partial charge in [-0.1, -0.05) is 15.9 Å². The number of ether oxygens (including phenoxy) is 2. The van der Waals surface area contributed by atoms with Crippen LogP contribution in [0, 0.1) is 0 Å². The van der Waals surface area contributed by atoms with Crippen LogP contribution in [0.1, 0.15) is 27.7 Å². The normalized spacial score (nSPS) is 16.0. The minimum Gasteiger partial charge on any atom is -0.482 e. The highest BCUT2D eigenvalue weighted by Crippen LogP contribution is 2.36. The Balaban J connectivity index is 2.32. The van der Waals surface area contributed by atoms with E-state index in [2.05, 4.69) is 15.9 Å². The van der Waals surface area contributed by atoms with E-state index in [9.17, 15) is 9.59 Å². The topological polar surface area (TPSA) is 55.8 Å². The van der Waals surface area contributed by atoms with Crippen LogP contribution in [0.5, 0.6) is 5.75 Å². The van der Waals surface area contributed by atoms with Crippen molar-refractivity contribution in [3.05, 3.63) is 22.7 Å². The molecule has 5 nitrogen and oxygen atoms in total. The largest absolute Gasteiger partial charge is 0.482 e. The summed E-state index contributed by atoms with van der Waals surface area (Å²) in [5.41, 5.74) is -0.0279. The highest BCUT2D eigenvalue weighted by molar-refractivity contribution is 9.10. The van der Waals surface area contributed by atoms with E-state index in [0.29, 0.717) is 11.4 Å². The molecule has 0 saturated carbocycles.